The van der Waals surface area contributed by atoms with Gasteiger partial charge in [0.2, 0.25) is 0 Å². The Morgan fingerprint density at radius 1 is 1.67 bits per heavy atom. The lowest BCUT2D eigenvalue weighted by Gasteiger charge is -2.07. The summed E-state index contributed by atoms with van der Waals surface area (Å²) in [6, 6.07) is 4.22. The van der Waals surface area contributed by atoms with E-state index in [0.29, 0.717) is 5.56 Å². The normalized spacial score (nSPS) is 9.47. The maximum atomic E-state index is 13.3. The zero-order chi connectivity index (χ0) is 11.4. The summed E-state index contributed by atoms with van der Waals surface area (Å²) in [5.41, 5.74) is 5.35. The van der Waals surface area contributed by atoms with Crippen LogP contribution in [0.5, 0.6) is 0 Å². The fraction of sp³-hybridized carbons (Fsp3) is 0.200. The summed E-state index contributed by atoms with van der Waals surface area (Å²) in [6.45, 7) is 0.0627. The number of hydrogen-bond acceptors (Lipinski definition) is 4. The average Bonchev–Trinajstić information content (AvgIpc) is 2.27. The van der Waals surface area contributed by atoms with Gasteiger partial charge in [0.25, 0.3) is 0 Å². The molecule has 0 fully saturated rings. The van der Waals surface area contributed by atoms with Crippen LogP contribution in [0.25, 0.3) is 0 Å². The minimum Gasteiger partial charge on any atom is -0.465 e. The molecule has 0 saturated carbocycles. The average molecular weight is 208 g/mol. The highest BCUT2D eigenvalue weighted by molar-refractivity contribution is 5.92. The van der Waals surface area contributed by atoms with E-state index in [2.05, 4.69) is 4.74 Å². The second-order valence-corrected chi connectivity index (χ2v) is 2.76. The zero-order valence-corrected chi connectivity index (χ0v) is 8.08. The third kappa shape index (κ3) is 1.95. The van der Waals surface area contributed by atoms with Gasteiger partial charge in [-0.05, 0) is 11.6 Å². The Bertz CT molecular complexity index is 438. The first-order chi connectivity index (χ1) is 7.15. The number of carbonyl (C=O) groups excluding carboxylic acids is 1. The highest BCUT2D eigenvalue weighted by Crippen LogP contribution is 2.18. The van der Waals surface area contributed by atoms with Crippen molar-refractivity contribution in [2.45, 2.75) is 6.54 Å². The van der Waals surface area contributed by atoms with Crippen molar-refractivity contribution in [1.82, 2.24) is 0 Å². The van der Waals surface area contributed by atoms with Crippen molar-refractivity contribution >= 4 is 5.97 Å². The minimum absolute atomic E-state index is 0.0627. The maximum Gasteiger partial charge on any atom is 0.342 e. The molecule has 78 valence electrons. The molecule has 0 radical (unpaired) electrons. The monoisotopic (exact) mass is 208 g/mol. The summed E-state index contributed by atoms with van der Waals surface area (Å²) in [5.74, 6) is -1.66. The highest BCUT2D eigenvalue weighted by atomic mass is 19.1. The number of hydrogen-bond donors (Lipinski definition) is 1. The number of ether oxygens (including phenoxy) is 1. The first kappa shape index (κ1) is 11.1. The SMILES string of the molecule is COC(=O)c1c(F)ccc(CN)c1C#N. The van der Waals surface area contributed by atoms with Crippen molar-refractivity contribution in [3.05, 3.63) is 34.6 Å². The summed E-state index contributed by atoms with van der Waals surface area (Å²) >= 11 is 0. The van der Waals surface area contributed by atoms with Crippen molar-refractivity contribution in [3.63, 3.8) is 0 Å². The molecule has 0 aliphatic carbocycles. The third-order valence-corrected chi connectivity index (χ3v) is 1.96. The molecule has 15 heavy (non-hydrogen) atoms. The van der Waals surface area contributed by atoms with Crippen LogP contribution in [0, 0.1) is 17.1 Å². The highest BCUT2D eigenvalue weighted by Gasteiger charge is 2.19. The van der Waals surface area contributed by atoms with E-state index < -0.39 is 11.8 Å². The van der Waals surface area contributed by atoms with Gasteiger partial charge in [-0.25, -0.2) is 9.18 Å². The lowest BCUT2D eigenvalue weighted by Crippen LogP contribution is -2.11. The molecule has 0 aliphatic rings. The maximum absolute atomic E-state index is 13.3. The topological polar surface area (TPSA) is 76.1 Å². The summed E-state index contributed by atoms with van der Waals surface area (Å²) in [4.78, 5) is 11.2. The summed E-state index contributed by atoms with van der Waals surface area (Å²) < 4.78 is 17.7. The molecule has 0 unspecified atom stereocenters. The lowest BCUT2D eigenvalue weighted by atomic mass is 10.0. The first-order valence-electron chi connectivity index (χ1n) is 4.15. The quantitative estimate of drug-likeness (QED) is 0.734. The zero-order valence-electron chi connectivity index (χ0n) is 8.08. The Morgan fingerprint density at radius 3 is 2.80 bits per heavy atom. The van der Waals surface area contributed by atoms with Gasteiger partial charge in [-0.3, -0.25) is 0 Å². The van der Waals surface area contributed by atoms with Crippen LogP contribution >= 0.6 is 0 Å². The molecule has 1 rings (SSSR count). The van der Waals surface area contributed by atoms with E-state index in [1.807, 2.05) is 0 Å². The van der Waals surface area contributed by atoms with E-state index in [4.69, 9.17) is 11.0 Å². The Morgan fingerprint density at radius 2 is 2.33 bits per heavy atom. The Labute approximate surface area is 86.1 Å². The number of benzene rings is 1. The molecule has 0 amide bonds. The first-order valence-corrected chi connectivity index (χ1v) is 4.15. The molecule has 2 N–H and O–H groups in total. The number of rotatable bonds is 2. The molecule has 0 atom stereocenters. The minimum atomic E-state index is -0.876. The molecule has 0 aliphatic heterocycles. The smallest absolute Gasteiger partial charge is 0.342 e. The van der Waals surface area contributed by atoms with E-state index in [-0.39, 0.29) is 17.7 Å². The summed E-state index contributed by atoms with van der Waals surface area (Å²) in [5, 5.41) is 8.82. The number of halogens is 1. The lowest BCUT2D eigenvalue weighted by molar-refractivity contribution is 0.0595. The van der Waals surface area contributed by atoms with Crippen LogP contribution in [0.2, 0.25) is 0 Å². The number of esters is 1. The largest absolute Gasteiger partial charge is 0.465 e. The molecule has 1 aromatic rings. The van der Waals surface area contributed by atoms with E-state index in [9.17, 15) is 9.18 Å². The molecular weight excluding hydrogens is 199 g/mol. The second kappa shape index (κ2) is 4.53. The predicted molar refractivity (Wildman–Crippen MR) is 50.3 cm³/mol. The van der Waals surface area contributed by atoms with Gasteiger partial charge in [0.15, 0.2) is 0 Å². The molecule has 0 aromatic heterocycles. The van der Waals surface area contributed by atoms with E-state index in [0.717, 1.165) is 13.2 Å². The second-order valence-electron chi connectivity index (χ2n) is 2.76. The molecule has 0 spiro atoms. The van der Waals surface area contributed by atoms with Gasteiger partial charge in [-0.2, -0.15) is 5.26 Å². The number of carbonyl (C=O) groups is 1. The standard InChI is InChI=1S/C10H9FN2O2/c1-15-10(14)9-7(5-13)6(4-12)2-3-8(9)11/h2-3H,4,12H2,1H3. The fourth-order valence-corrected chi connectivity index (χ4v) is 1.22. The Kier molecular flexibility index (Phi) is 3.37. The van der Waals surface area contributed by atoms with Crippen molar-refractivity contribution in [2.24, 2.45) is 5.73 Å². The van der Waals surface area contributed by atoms with Gasteiger partial charge in [0, 0.05) is 6.54 Å². The molecule has 5 heteroatoms. The van der Waals surface area contributed by atoms with Crippen molar-refractivity contribution in [3.8, 4) is 6.07 Å². The van der Waals surface area contributed by atoms with Crippen LogP contribution in [-0.2, 0) is 11.3 Å². The van der Waals surface area contributed by atoms with E-state index >= 15 is 0 Å². The molecule has 0 saturated heterocycles. The van der Waals surface area contributed by atoms with Crippen LogP contribution in [0.15, 0.2) is 12.1 Å². The van der Waals surface area contributed by atoms with Gasteiger partial charge in [-0.15, -0.1) is 0 Å². The molecule has 0 heterocycles. The molecule has 4 nitrogen and oxygen atoms in total. The van der Waals surface area contributed by atoms with Gasteiger partial charge >= 0.3 is 5.97 Å². The van der Waals surface area contributed by atoms with E-state index in [1.165, 1.54) is 6.07 Å². The van der Waals surface area contributed by atoms with Gasteiger partial charge in [0.05, 0.1) is 12.7 Å². The molecule has 0 bridgehead atoms. The van der Waals surface area contributed by atoms with Crippen LogP contribution in [-0.4, -0.2) is 13.1 Å². The van der Waals surface area contributed by atoms with Crippen LogP contribution in [0.3, 0.4) is 0 Å². The molecular formula is C10H9FN2O2. The van der Waals surface area contributed by atoms with Gasteiger partial charge in [0.1, 0.15) is 17.4 Å². The number of nitrogens with zero attached hydrogens (tertiary/aromatic N) is 1. The van der Waals surface area contributed by atoms with Crippen LogP contribution in [0.1, 0.15) is 21.5 Å². The molecule has 1 aromatic carbocycles. The summed E-state index contributed by atoms with van der Waals surface area (Å²) in [6.07, 6.45) is 0. The van der Waals surface area contributed by atoms with Gasteiger partial charge < -0.3 is 10.5 Å². The predicted octanol–water partition coefficient (Wildman–Crippen LogP) is 0.943. The Hall–Kier alpha value is -1.93. The Balaban J connectivity index is 3.47. The van der Waals surface area contributed by atoms with Crippen LogP contribution < -0.4 is 5.73 Å². The number of nitrogens with two attached hydrogens (primary N) is 1. The number of nitriles is 1. The van der Waals surface area contributed by atoms with Crippen LogP contribution in [0.4, 0.5) is 4.39 Å². The van der Waals surface area contributed by atoms with Crippen molar-refractivity contribution < 1.29 is 13.9 Å². The third-order valence-electron chi connectivity index (χ3n) is 1.96. The number of methoxy groups -OCH3 is 1. The van der Waals surface area contributed by atoms with E-state index in [1.54, 1.807) is 6.07 Å². The van der Waals surface area contributed by atoms with Crippen molar-refractivity contribution in [1.29, 1.82) is 5.26 Å². The van der Waals surface area contributed by atoms with Gasteiger partial charge in [-0.1, -0.05) is 6.07 Å². The fourth-order valence-electron chi connectivity index (χ4n) is 1.22. The van der Waals surface area contributed by atoms with Crippen molar-refractivity contribution in [2.75, 3.05) is 7.11 Å². The summed E-state index contributed by atoms with van der Waals surface area (Å²) in [7, 11) is 1.12.